The predicted octanol–water partition coefficient (Wildman–Crippen LogP) is 12.0. The molecule has 0 saturated carbocycles. The third-order valence-corrected chi connectivity index (χ3v) is 18.0. The molecule has 4 aromatic rings. The second-order valence-corrected chi connectivity index (χ2v) is 26.7. The van der Waals surface area contributed by atoms with Gasteiger partial charge in [-0.1, -0.05) is 209 Å². The van der Waals surface area contributed by atoms with Crippen molar-refractivity contribution in [3.63, 3.8) is 0 Å². The Labute approximate surface area is 388 Å². The summed E-state index contributed by atoms with van der Waals surface area (Å²) in [5.41, 5.74) is 4.15. The summed E-state index contributed by atoms with van der Waals surface area (Å²) in [6.45, 7) is 39.0. The third-order valence-electron chi connectivity index (χ3n) is 11.8. The topological polar surface area (TPSA) is 46.2 Å². The molecule has 63 heavy (non-hydrogen) atoms. The van der Waals surface area contributed by atoms with Crippen LogP contribution in [0.5, 0.6) is 23.0 Å². The molecule has 4 aromatic carbocycles. The lowest BCUT2D eigenvalue weighted by Gasteiger charge is -2.34. The van der Waals surface area contributed by atoms with Crippen molar-refractivity contribution in [1.29, 1.82) is 0 Å². The minimum absolute atomic E-state index is 0.163. The number of hydrogen-bond acceptors (Lipinski definition) is 5. The summed E-state index contributed by atoms with van der Waals surface area (Å²) in [5, 5.41) is 4.62. The van der Waals surface area contributed by atoms with E-state index in [2.05, 4.69) is 184 Å². The molecule has 0 amide bonds. The first kappa shape index (κ1) is 52.1. The molecule has 348 valence electrons. The fraction of sp³-hybridized carbons (Fsp3) is 0.571. The second-order valence-electron chi connectivity index (χ2n) is 21.6. The Kier molecular flexibility index (Phi) is 19.1. The fourth-order valence-electron chi connectivity index (χ4n) is 8.09. The molecular formula is C56H86O5Si2. The molecule has 0 spiro atoms. The normalized spacial score (nSPS) is 12.6. The van der Waals surface area contributed by atoms with Gasteiger partial charge in [-0.25, -0.2) is 0 Å². The van der Waals surface area contributed by atoms with Crippen molar-refractivity contribution >= 4 is 38.8 Å². The van der Waals surface area contributed by atoms with Crippen LogP contribution >= 0.6 is 0 Å². The quantitative estimate of drug-likeness (QED) is 0.0581. The third kappa shape index (κ3) is 13.7. The summed E-state index contributed by atoms with van der Waals surface area (Å²) in [6.07, 6.45) is 8.12. The van der Waals surface area contributed by atoms with E-state index in [9.17, 15) is 0 Å². The van der Waals surface area contributed by atoms with E-state index in [0.29, 0.717) is 26.4 Å². The molecule has 5 nitrogen and oxygen atoms in total. The van der Waals surface area contributed by atoms with Crippen molar-refractivity contribution in [2.75, 3.05) is 26.4 Å². The van der Waals surface area contributed by atoms with Crippen LogP contribution < -0.4 is 39.7 Å². The Morgan fingerprint density at radius 3 is 0.714 bits per heavy atom. The summed E-state index contributed by atoms with van der Waals surface area (Å²) in [4.78, 5) is 0. The molecule has 0 saturated heterocycles. The molecule has 0 aliphatic rings. The Bertz CT molecular complexity index is 1740. The van der Waals surface area contributed by atoms with E-state index in [1.165, 1.54) is 22.3 Å². The first-order chi connectivity index (χ1) is 29.7. The molecule has 7 heteroatoms. The molecule has 4 rings (SSSR count). The van der Waals surface area contributed by atoms with Crippen molar-refractivity contribution in [1.82, 2.24) is 0 Å². The van der Waals surface area contributed by atoms with Crippen LogP contribution in [0.1, 0.15) is 184 Å². The van der Waals surface area contributed by atoms with Gasteiger partial charge in [0.25, 0.3) is 0 Å². The van der Waals surface area contributed by atoms with Crippen LogP contribution in [0.15, 0.2) is 72.8 Å². The van der Waals surface area contributed by atoms with Gasteiger partial charge in [0.05, 0.1) is 26.4 Å². The Morgan fingerprint density at radius 2 is 0.540 bits per heavy atom. The predicted molar refractivity (Wildman–Crippen MR) is 276 cm³/mol. The zero-order valence-electron chi connectivity index (χ0n) is 42.6. The molecule has 0 heterocycles. The monoisotopic (exact) mass is 895 g/mol. The minimum atomic E-state index is -2.75. The first-order valence-electron chi connectivity index (χ1n) is 24.4. The van der Waals surface area contributed by atoms with E-state index in [1.54, 1.807) is 0 Å². The van der Waals surface area contributed by atoms with E-state index >= 15 is 0 Å². The number of hydrogen-bond donors (Lipinski definition) is 0. The molecule has 0 radical (unpaired) electrons. The van der Waals surface area contributed by atoms with Gasteiger partial charge in [-0.2, -0.15) is 0 Å². The second kappa shape index (κ2) is 23.1. The highest BCUT2D eigenvalue weighted by molar-refractivity contribution is 6.93. The van der Waals surface area contributed by atoms with Crippen LogP contribution in [0.25, 0.3) is 0 Å². The van der Waals surface area contributed by atoms with Crippen molar-refractivity contribution in [2.24, 2.45) is 0 Å². The first-order valence-corrected chi connectivity index (χ1v) is 27.7. The van der Waals surface area contributed by atoms with E-state index < -0.39 is 18.1 Å². The molecule has 0 N–H and O–H groups in total. The van der Waals surface area contributed by atoms with Crippen LogP contribution in [-0.4, -0.2) is 44.5 Å². The van der Waals surface area contributed by atoms with Gasteiger partial charge < -0.3 is 23.1 Å². The molecule has 0 aliphatic heterocycles. The Balaban J connectivity index is 2.27. The maximum absolute atomic E-state index is 8.41. The van der Waals surface area contributed by atoms with Gasteiger partial charge in [0, 0.05) is 20.7 Å². The molecule has 0 bridgehead atoms. The highest BCUT2D eigenvalue weighted by Gasteiger charge is 2.39. The summed E-state index contributed by atoms with van der Waals surface area (Å²) in [7, 11) is -5.50. The number of para-hydroxylation sites is 4. The molecule has 0 unspecified atom stereocenters. The van der Waals surface area contributed by atoms with E-state index in [-0.39, 0.29) is 21.7 Å². The van der Waals surface area contributed by atoms with Gasteiger partial charge in [0.2, 0.25) is 18.1 Å². The number of unbranched alkanes of at least 4 members (excludes halogenated alkanes) is 4. The van der Waals surface area contributed by atoms with E-state index in [0.717, 1.165) is 95.1 Å². The summed E-state index contributed by atoms with van der Waals surface area (Å²) < 4.78 is 36.6. The van der Waals surface area contributed by atoms with Crippen LogP contribution in [0, 0.1) is 0 Å². The highest BCUT2D eigenvalue weighted by Crippen LogP contribution is 2.36. The summed E-state index contributed by atoms with van der Waals surface area (Å²) in [5.74, 6) is 3.87. The molecule has 0 aromatic heterocycles. The SMILES string of the molecule is CCCCOc1c([SiH](O[SiH](c2cccc(C(C)(C)C)c2OCCCC)c2cccc(C(C)(C)C)c2OCCCC)c2cccc(C(C)(C)C)c2OCCCC)cccc1C(C)(C)C. The molecular weight excluding hydrogens is 809 g/mol. The lowest BCUT2D eigenvalue weighted by Crippen LogP contribution is -2.57. The zero-order valence-corrected chi connectivity index (χ0v) is 44.9. The van der Waals surface area contributed by atoms with E-state index in [1.807, 2.05) is 0 Å². The van der Waals surface area contributed by atoms with Crippen molar-refractivity contribution < 1.29 is 23.1 Å². The minimum Gasteiger partial charge on any atom is -0.493 e. The molecule has 0 aliphatic carbocycles. The van der Waals surface area contributed by atoms with Crippen LogP contribution in [0.2, 0.25) is 0 Å². The number of ether oxygens (including phenoxy) is 4. The standard InChI is InChI=1S/C56H86O5Si2/c1-17-21-37-57-49-41(53(5,6)7)29-25-33-45(49)62(46-34-26-30-42(54(8,9)10)50(46)58-38-22-18-2)61-63(47-35-27-31-43(55(11,12)13)51(47)59-39-23-19-3)48-36-28-32-44(56(14,15)16)52(48)60-40-24-20-4/h25-36,62-63H,17-24,37-40H2,1-16H3. The maximum atomic E-state index is 8.41. The van der Waals surface area contributed by atoms with Crippen LogP contribution in [-0.2, 0) is 25.8 Å². The molecule has 0 fully saturated rings. The van der Waals surface area contributed by atoms with Gasteiger partial charge in [0.1, 0.15) is 23.0 Å². The smallest absolute Gasteiger partial charge is 0.236 e. The van der Waals surface area contributed by atoms with Crippen molar-refractivity contribution in [3.05, 3.63) is 95.1 Å². The van der Waals surface area contributed by atoms with Gasteiger partial charge in [0.15, 0.2) is 0 Å². The van der Waals surface area contributed by atoms with Crippen molar-refractivity contribution in [3.8, 4) is 23.0 Å². The number of benzene rings is 4. The van der Waals surface area contributed by atoms with Gasteiger partial charge in [-0.3, -0.25) is 0 Å². The lowest BCUT2D eigenvalue weighted by atomic mass is 9.86. The van der Waals surface area contributed by atoms with Gasteiger partial charge >= 0.3 is 0 Å². The highest BCUT2D eigenvalue weighted by atomic mass is 28.4. The Hall–Kier alpha value is -3.53. The fourth-order valence-corrected chi connectivity index (χ4v) is 15.2. The summed E-state index contributed by atoms with van der Waals surface area (Å²) >= 11 is 0. The zero-order chi connectivity index (χ0) is 46.6. The summed E-state index contributed by atoms with van der Waals surface area (Å²) in [6, 6.07) is 27.1. The van der Waals surface area contributed by atoms with Crippen LogP contribution in [0.4, 0.5) is 0 Å². The average molecular weight is 895 g/mol. The van der Waals surface area contributed by atoms with Crippen molar-refractivity contribution in [2.45, 2.75) is 184 Å². The van der Waals surface area contributed by atoms with E-state index in [4.69, 9.17) is 23.1 Å². The Morgan fingerprint density at radius 1 is 0.333 bits per heavy atom. The largest absolute Gasteiger partial charge is 0.493 e. The molecule has 0 atom stereocenters. The van der Waals surface area contributed by atoms with Crippen LogP contribution in [0.3, 0.4) is 0 Å². The lowest BCUT2D eigenvalue weighted by molar-refractivity contribution is 0.302. The number of rotatable bonds is 22. The van der Waals surface area contributed by atoms with Gasteiger partial charge in [-0.05, 0) is 69.6 Å². The maximum Gasteiger partial charge on any atom is 0.236 e. The average Bonchev–Trinajstić information content (AvgIpc) is 3.20. The van der Waals surface area contributed by atoms with Gasteiger partial charge in [-0.15, -0.1) is 0 Å².